The van der Waals surface area contributed by atoms with Gasteiger partial charge in [0.15, 0.2) is 27.6 Å². The van der Waals surface area contributed by atoms with Crippen molar-refractivity contribution in [1.82, 2.24) is 39.3 Å². The van der Waals surface area contributed by atoms with Crippen LogP contribution in [0.1, 0.15) is 72.9 Å². The molecule has 4 aliphatic rings. The summed E-state index contributed by atoms with van der Waals surface area (Å²) in [5, 5.41) is 8.49. The number of hydrogen-bond donors (Lipinski definition) is 1. The minimum atomic E-state index is -1.63. The molecule has 19 nitrogen and oxygen atoms in total. The Hall–Kier alpha value is -3.93. The minimum absolute atomic E-state index is 0.00504. The SMILES string of the molecule is CO[C@]12C[C@@H](C)C(=O)[C@H](C)[C@H]3N(CCCCn4cnc(-c5cccnc5)c4)C(=O)O[C@]3(C)[C@@H](I)OC(=O)[C@H](C)C(=O)[C@H](C)[C@H]1O[C@@H]1O[C@H](C)C[C@H](N(C)CCc3cn(CCN)nn3)[C@H]1O2. The van der Waals surface area contributed by atoms with E-state index in [2.05, 4.69) is 25.2 Å². The fraction of sp³-hybridized carbons (Fsp3) is 0.689. The smallest absolute Gasteiger partial charge is 0.410 e. The van der Waals surface area contributed by atoms with Gasteiger partial charge in [-0.25, -0.2) is 9.78 Å². The Morgan fingerprint density at radius 1 is 1.02 bits per heavy atom. The number of hydrogen-bond acceptors (Lipinski definition) is 16. The summed E-state index contributed by atoms with van der Waals surface area (Å²) >= 11 is 1.94. The van der Waals surface area contributed by atoms with E-state index in [0.29, 0.717) is 51.9 Å². The minimum Gasteiger partial charge on any atom is -0.447 e. The van der Waals surface area contributed by atoms with Gasteiger partial charge in [-0.3, -0.25) is 24.0 Å². The number of ketones is 2. The van der Waals surface area contributed by atoms with E-state index >= 15 is 0 Å². The molecule has 65 heavy (non-hydrogen) atoms. The van der Waals surface area contributed by atoms with Crippen molar-refractivity contribution >= 4 is 46.2 Å². The third-order valence-electron chi connectivity index (χ3n) is 13.7. The normalized spacial score (nSPS) is 34.7. The van der Waals surface area contributed by atoms with Gasteiger partial charge in [0.05, 0.1) is 36.4 Å². The van der Waals surface area contributed by atoms with Crippen LogP contribution in [0, 0.1) is 23.7 Å². The third-order valence-corrected chi connectivity index (χ3v) is 15.2. The third kappa shape index (κ3) is 10.2. The van der Waals surface area contributed by atoms with E-state index in [-0.39, 0.29) is 30.9 Å². The molecule has 7 rings (SSSR count). The molecular weight excluding hydrogens is 953 g/mol. The van der Waals surface area contributed by atoms with Crippen LogP contribution in [0.2, 0.25) is 0 Å². The number of alkyl halides is 1. The standard InChI is InChI=1S/C45H64IN9O10/c1-26-21-45(60-8)39(62-41-37(64-45)34(20-27(2)61-41)52(7)18-13-32-23-54(19-14-47)51-50-32)29(4)36(57)30(5)40(58)63-42(46)44(6)38(28(3)35(26)56)55(43(59)65-44)17-10-9-16-53-24-33(49-25-53)31-12-11-15-48-22-31/h11-12,15,22-30,34,37-39,41-42H,9-10,13-14,16-21,47H2,1-8H3/t26-,27-,28+,29+,30-,34+,37-,38-,39-,41+,42+,44+,45+/m1/s1. The van der Waals surface area contributed by atoms with Crippen molar-refractivity contribution in [2.45, 2.75) is 139 Å². The number of methoxy groups -OCH3 is 1. The quantitative estimate of drug-likeness (QED) is 0.0840. The maximum absolute atomic E-state index is 15.0. The fourth-order valence-electron chi connectivity index (χ4n) is 10.0. The monoisotopic (exact) mass is 1020 g/mol. The number of pyridine rings is 1. The lowest BCUT2D eigenvalue weighted by molar-refractivity contribution is -0.424. The number of nitrogens with zero attached hydrogens (tertiary/aromatic N) is 8. The van der Waals surface area contributed by atoms with Crippen LogP contribution in [0.5, 0.6) is 0 Å². The van der Waals surface area contributed by atoms with Crippen LogP contribution in [0.15, 0.2) is 43.2 Å². The number of nitrogens with two attached hydrogens (primary N) is 1. The number of likely N-dealkylation sites (N-methyl/N-ethyl adjacent to an activating group) is 1. The van der Waals surface area contributed by atoms with Gasteiger partial charge in [-0.15, -0.1) is 5.10 Å². The number of carbonyl (C=O) groups excluding carboxylic acids is 4. The van der Waals surface area contributed by atoms with Crippen molar-refractivity contribution in [3.63, 3.8) is 0 Å². The van der Waals surface area contributed by atoms with Crippen molar-refractivity contribution in [3.8, 4) is 11.3 Å². The summed E-state index contributed by atoms with van der Waals surface area (Å²) in [4.78, 5) is 69.7. The van der Waals surface area contributed by atoms with E-state index in [1.54, 1.807) is 56.0 Å². The van der Waals surface area contributed by atoms with Crippen LogP contribution in [0.25, 0.3) is 11.3 Å². The first kappa shape index (κ1) is 49.0. The number of amides is 1. The summed E-state index contributed by atoms with van der Waals surface area (Å²) in [5.74, 6) is -6.79. The van der Waals surface area contributed by atoms with E-state index in [1.807, 2.05) is 65.7 Å². The molecule has 0 aromatic carbocycles. The van der Waals surface area contributed by atoms with E-state index in [0.717, 1.165) is 17.0 Å². The lowest BCUT2D eigenvalue weighted by Gasteiger charge is -2.55. The number of cyclic esters (lactones) is 1. The Kier molecular flexibility index (Phi) is 15.5. The average Bonchev–Trinajstić information content (AvgIpc) is 4.03. The number of rotatable bonds is 13. The van der Waals surface area contributed by atoms with Gasteiger partial charge in [-0.2, -0.15) is 0 Å². The molecule has 7 heterocycles. The number of aromatic nitrogens is 6. The second kappa shape index (κ2) is 20.5. The summed E-state index contributed by atoms with van der Waals surface area (Å²) < 4.78 is 41.5. The maximum atomic E-state index is 15.0. The molecule has 20 heteroatoms. The maximum Gasteiger partial charge on any atom is 0.410 e. The topological polar surface area (TPSA) is 218 Å². The van der Waals surface area contributed by atoms with Crippen molar-refractivity contribution in [2.75, 3.05) is 33.8 Å². The van der Waals surface area contributed by atoms with Gasteiger partial charge in [-0.1, -0.05) is 26.0 Å². The zero-order valence-electron chi connectivity index (χ0n) is 38.6. The predicted octanol–water partition coefficient (Wildman–Crippen LogP) is 4.05. The first-order valence-electron chi connectivity index (χ1n) is 22.7. The van der Waals surface area contributed by atoms with Crippen molar-refractivity contribution < 1.29 is 47.6 Å². The van der Waals surface area contributed by atoms with Crippen LogP contribution in [-0.2, 0) is 62.3 Å². The molecule has 4 aliphatic heterocycles. The Bertz CT molecular complexity index is 2140. The van der Waals surface area contributed by atoms with Crippen molar-refractivity contribution in [3.05, 3.63) is 48.9 Å². The Morgan fingerprint density at radius 3 is 2.51 bits per heavy atom. The second-order valence-electron chi connectivity index (χ2n) is 18.4. The molecule has 4 saturated heterocycles. The highest BCUT2D eigenvalue weighted by Gasteiger charge is 2.62. The van der Waals surface area contributed by atoms with Gasteiger partial charge in [0, 0.05) is 100 Å². The number of imidazole rings is 1. The highest BCUT2D eigenvalue weighted by atomic mass is 127. The van der Waals surface area contributed by atoms with Crippen molar-refractivity contribution in [2.24, 2.45) is 29.4 Å². The Labute approximate surface area is 393 Å². The molecule has 2 N–H and O–H groups in total. The summed E-state index contributed by atoms with van der Waals surface area (Å²) in [5.41, 5.74) is 6.81. The van der Waals surface area contributed by atoms with E-state index < -0.39 is 81.6 Å². The molecule has 0 radical (unpaired) electrons. The van der Waals surface area contributed by atoms with Gasteiger partial charge >= 0.3 is 12.1 Å². The van der Waals surface area contributed by atoms with Crippen LogP contribution in [0.4, 0.5) is 4.79 Å². The van der Waals surface area contributed by atoms with E-state index in [9.17, 15) is 19.2 Å². The molecule has 0 spiro atoms. The zero-order valence-corrected chi connectivity index (χ0v) is 40.7. The van der Waals surface area contributed by atoms with Gasteiger partial charge < -0.3 is 48.5 Å². The zero-order chi connectivity index (χ0) is 46.8. The first-order chi connectivity index (χ1) is 31.0. The molecule has 0 saturated carbocycles. The number of fused-ring (bicyclic) bond motifs is 3. The van der Waals surface area contributed by atoms with E-state index in [4.69, 9.17) is 34.2 Å². The van der Waals surface area contributed by atoms with Gasteiger partial charge in [0.25, 0.3) is 0 Å². The van der Waals surface area contributed by atoms with Gasteiger partial charge in [-0.05, 0) is 81.8 Å². The lowest BCUT2D eigenvalue weighted by atomic mass is 9.77. The molecule has 4 fully saturated rings. The summed E-state index contributed by atoms with van der Waals surface area (Å²) in [7, 11) is 3.49. The van der Waals surface area contributed by atoms with Crippen LogP contribution < -0.4 is 5.73 Å². The predicted molar refractivity (Wildman–Crippen MR) is 243 cm³/mol. The lowest BCUT2D eigenvalue weighted by Crippen LogP contribution is -2.69. The number of ether oxygens (including phenoxy) is 6. The highest BCUT2D eigenvalue weighted by molar-refractivity contribution is 14.1. The van der Waals surface area contributed by atoms with E-state index in [1.165, 1.54) is 14.0 Å². The van der Waals surface area contributed by atoms with Gasteiger partial charge in [0.2, 0.25) is 0 Å². The van der Waals surface area contributed by atoms with Crippen LogP contribution in [-0.4, -0.2) is 149 Å². The Morgan fingerprint density at radius 2 is 1.78 bits per heavy atom. The fourth-order valence-corrected chi connectivity index (χ4v) is 10.8. The molecule has 3 aromatic rings. The highest BCUT2D eigenvalue weighted by Crippen LogP contribution is 2.47. The summed E-state index contributed by atoms with van der Waals surface area (Å²) in [6.07, 6.45) is 8.10. The Balaban J connectivity index is 1.14. The molecule has 3 aromatic heterocycles. The molecule has 356 valence electrons. The number of esters is 1. The molecule has 0 unspecified atom stereocenters. The molecule has 1 amide bonds. The molecule has 0 aliphatic carbocycles. The van der Waals surface area contributed by atoms with Crippen molar-refractivity contribution in [1.29, 1.82) is 0 Å². The number of unbranched alkanes of at least 4 members (excludes halogenated alkanes) is 1. The average molecular weight is 1020 g/mol. The van der Waals surface area contributed by atoms with Gasteiger partial charge in [0.1, 0.15) is 23.9 Å². The number of Topliss-reactive ketones (excluding diaryl/α,β-unsaturated/α-hetero) is 2. The van der Waals surface area contributed by atoms with Crippen LogP contribution in [0.3, 0.4) is 0 Å². The number of carbonyl (C=O) groups is 4. The summed E-state index contributed by atoms with van der Waals surface area (Å²) in [6, 6.07) is 2.76. The van der Waals surface area contributed by atoms with Crippen LogP contribution >= 0.6 is 22.6 Å². The second-order valence-corrected chi connectivity index (χ2v) is 19.5. The number of aryl methyl sites for hydroxylation is 1. The number of halogens is 1. The first-order valence-corrected chi connectivity index (χ1v) is 23.9. The molecular formula is C45H64IN9O10. The largest absolute Gasteiger partial charge is 0.447 e. The molecule has 0 bridgehead atoms. The molecule has 13 atom stereocenters. The summed E-state index contributed by atoms with van der Waals surface area (Å²) in [6.45, 7) is 13.0.